The maximum atomic E-state index is 13.0. The lowest BCUT2D eigenvalue weighted by molar-refractivity contribution is -0.137. The molecule has 0 radical (unpaired) electrons. The summed E-state index contributed by atoms with van der Waals surface area (Å²) < 4.78 is 51.9. The topological polar surface area (TPSA) is 41.1 Å². The van der Waals surface area contributed by atoms with Gasteiger partial charge in [-0.05, 0) is 36.4 Å². The zero-order valence-electron chi connectivity index (χ0n) is 12.6. The number of benzene rings is 2. The van der Waals surface area contributed by atoms with Gasteiger partial charge in [-0.15, -0.1) is 0 Å². The predicted molar refractivity (Wildman–Crippen MR) is 89.6 cm³/mol. The largest absolute Gasteiger partial charge is 0.418 e. The first-order chi connectivity index (χ1) is 11.7. The summed E-state index contributed by atoms with van der Waals surface area (Å²) in [7, 11) is 0. The number of hydrogen-bond donors (Lipinski definition) is 2. The van der Waals surface area contributed by atoms with E-state index in [4.69, 9.17) is 23.2 Å². The zero-order chi connectivity index (χ0) is 18.6. The summed E-state index contributed by atoms with van der Waals surface area (Å²) in [6.07, 6.45) is -4.67. The smallest absolute Gasteiger partial charge is 0.384 e. The summed E-state index contributed by atoms with van der Waals surface area (Å²) in [6.45, 7) is -0.0362. The number of carbonyl (C=O) groups is 1. The molecule has 0 aliphatic rings. The molecule has 0 aliphatic heterocycles. The van der Waals surface area contributed by atoms with Gasteiger partial charge in [0, 0.05) is 29.4 Å². The van der Waals surface area contributed by atoms with Crippen LogP contribution in [0.15, 0.2) is 36.4 Å². The Morgan fingerprint density at radius 1 is 1.08 bits per heavy atom. The van der Waals surface area contributed by atoms with Crippen LogP contribution in [0.1, 0.15) is 12.0 Å². The van der Waals surface area contributed by atoms with Crippen LogP contribution in [0.2, 0.25) is 10.0 Å². The molecule has 134 valence electrons. The van der Waals surface area contributed by atoms with E-state index in [0.717, 1.165) is 12.1 Å². The molecule has 3 nitrogen and oxygen atoms in total. The quantitative estimate of drug-likeness (QED) is 0.648. The number of alkyl halides is 3. The van der Waals surface area contributed by atoms with E-state index in [1.165, 1.54) is 24.3 Å². The third-order valence-corrected chi connectivity index (χ3v) is 3.68. The molecule has 0 heterocycles. The molecule has 0 spiro atoms. The second-order valence-electron chi connectivity index (χ2n) is 5.04. The Balaban J connectivity index is 1.94. The monoisotopic (exact) mass is 394 g/mol. The fourth-order valence-corrected chi connectivity index (χ4v) is 2.37. The van der Waals surface area contributed by atoms with Gasteiger partial charge < -0.3 is 10.6 Å². The highest BCUT2D eigenvalue weighted by atomic mass is 35.5. The minimum absolute atomic E-state index is 0.0362. The fourth-order valence-electron chi connectivity index (χ4n) is 2.01. The summed E-state index contributed by atoms with van der Waals surface area (Å²) in [5.74, 6) is -1.08. The number of rotatable bonds is 5. The van der Waals surface area contributed by atoms with Crippen LogP contribution >= 0.6 is 23.2 Å². The van der Waals surface area contributed by atoms with Gasteiger partial charge in [0.2, 0.25) is 5.91 Å². The van der Waals surface area contributed by atoms with Crippen molar-refractivity contribution in [2.45, 2.75) is 12.6 Å². The predicted octanol–water partition coefficient (Wildman–Crippen LogP) is 5.59. The van der Waals surface area contributed by atoms with Gasteiger partial charge >= 0.3 is 6.18 Å². The second kappa shape index (κ2) is 7.93. The minimum Gasteiger partial charge on any atom is -0.384 e. The van der Waals surface area contributed by atoms with Crippen LogP contribution in [-0.4, -0.2) is 12.5 Å². The summed E-state index contributed by atoms with van der Waals surface area (Å²) >= 11 is 11.2. The number of nitrogens with one attached hydrogen (secondary N) is 2. The Labute approximate surface area is 150 Å². The molecule has 0 bridgehead atoms. The minimum atomic E-state index is -4.57. The molecule has 0 atom stereocenters. The van der Waals surface area contributed by atoms with Gasteiger partial charge in [0.1, 0.15) is 5.82 Å². The number of amides is 1. The first kappa shape index (κ1) is 19.3. The van der Waals surface area contributed by atoms with Crippen molar-refractivity contribution in [3.8, 4) is 0 Å². The third kappa shape index (κ3) is 5.51. The SMILES string of the molecule is O=C(CCNc1ccc(Cl)cc1C(F)(F)F)Nc1ccc(F)c(Cl)c1. The van der Waals surface area contributed by atoms with Gasteiger partial charge in [-0.25, -0.2) is 4.39 Å². The molecule has 2 aromatic rings. The first-order valence-corrected chi connectivity index (χ1v) is 7.78. The van der Waals surface area contributed by atoms with E-state index in [9.17, 15) is 22.4 Å². The molecule has 9 heteroatoms. The van der Waals surface area contributed by atoms with E-state index in [-0.39, 0.29) is 28.7 Å². The standard InChI is InChI=1S/C16H12Cl2F4N2O/c17-9-1-4-14(11(7-9)16(20,21)22)23-6-5-15(25)24-10-2-3-13(19)12(18)8-10/h1-4,7-8,23H,5-6H2,(H,24,25). The number of hydrogen-bond acceptors (Lipinski definition) is 2. The summed E-state index contributed by atoms with van der Waals surface area (Å²) in [4.78, 5) is 11.8. The van der Waals surface area contributed by atoms with Gasteiger partial charge in [-0.2, -0.15) is 13.2 Å². The van der Waals surface area contributed by atoms with Gasteiger partial charge in [-0.3, -0.25) is 4.79 Å². The summed E-state index contributed by atoms with van der Waals surface area (Å²) in [5, 5.41) is 4.85. The number of anilines is 2. The first-order valence-electron chi connectivity index (χ1n) is 7.02. The lowest BCUT2D eigenvalue weighted by Gasteiger charge is -2.15. The molecule has 1 amide bonds. The van der Waals surface area contributed by atoms with Crippen LogP contribution in [0.25, 0.3) is 0 Å². The Kier molecular flexibility index (Phi) is 6.13. The maximum Gasteiger partial charge on any atom is 0.418 e. The fraction of sp³-hybridized carbons (Fsp3) is 0.188. The Morgan fingerprint density at radius 2 is 1.80 bits per heavy atom. The van der Waals surface area contributed by atoms with E-state index in [1.54, 1.807) is 0 Å². The average Bonchev–Trinajstić information content (AvgIpc) is 2.51. The maximum absolute atomic E-state index is 13.0. The van der Waals surface area contributed by atoms with E-state index in [0.29, 0.717) is 5.69 Å². The molecule has 0 aliphatic carbocycles. The molecule has 0 saturated carbocycles. The highest BCUT2D eigenvalue weighted by Gasteiger charge is 2.33. The van der Waals surface area contributed by atoms with Crippen molar-refractivity contribution in [2.24, 2.45) is 0 Å². The van der Waals surface area contributed by atoms with E-state index >= 15 is 0 Å². The van der Waals surface area contributed by atoms with Crippen LogP contribution in [-0.2, 0) is 11.0 Å². The third-order valence-electron chi connectivity index (χ3n) is 3.16. The highest BCUT2D eigenvalue weighted by molar-refractivity contribution is 6.31. The molecule has 2 aromatic carbocycles. The highest BCUT2D eigenvalue weighted by Crippen LogP contribution is 2.36. The second-order valence-corrected chi connectivity index (χ2v) is 5.89. The lowest BCUT2D eigenvalue weighted by atomic mass is 10.1. The van der Waals surface area contributed by atoms with Crippen molar-refractivity contribution >= 4 is 40.5 Å². The van der Waals surface area contributed by atoms with Crippen molar-refractivity contribution in [3.05, 3.63) is 57.8 Å². The molecular weight excluding hydrogens is 383 g/mol. The number of carbonyl (C=O) groups excluding carboxylic acids is 1. The van der Waals surface area contributed by atoms with Crippen molar-refractivity contribution in [2.75, 3.05) is 17.2 Å². The Bertz CT molecular complexity index is 781. The van der Waals surface area contributed by atoms with Crippen LogP contribution in [0.3, 0.4) is 0 Å². The van der Waals surface area contributed by atoms with E-state index in [2.05, 4.69) is 10.6 Å². The summed E-state index contributed by atoms with van der Waals surface area (Å²) in [5.41, 5.74) is -0.792. The molecule has 0 unspecified atom stereocenters. The average molecular weight is 395 g/mol. The molecule has 0 fully saturated rings. The van der Waals surface area contributed by atoms with Crippen LogP contribution < -0.4 is 10.6 Å². The molecule has 2 N–H and O–H groups in total. The van der Waals surface area contributed by atoms with Crippen molar-refractivity contribution in [1.29, 1.82) is 0 Å². The van der Waals surface area contributed by atoms with E-state index < -0.39 is 23.5 Å². The van der Waals surface area contributed by atoms with Crippen molar-refractivity contribution in [3.63, 3.8) is 0 Å². The molecule has 0 aromatic heterocycles. The number of halogens is 6. The van der Waals surface area contributed by atoms with Crippen molar-refractivity contribution in [1.82, 2.24) is 0 Å². The van der Waals surface area contributed by atoms with Crippen molar-refractivity contribution < 1.29 is 22.4 Å². The summed E-state index contributed by atoms with van der Waals surface area (Å²) in [6, 6.07) is 6.99. The van der Waals surface area contributed by atoms with Gasteiger partial charge in [0.05, 0.1) is 10.6 Å². The van der Waals surface area contributed by atoms with Gasteiger partial charge in [-0.1, -0.05) is 23.2 Å². The lowest BCUT2D eigenvalue weighted by Crippen LogP contribution is -2.18. The van der Waals surface area contributed by atoms with Gasteiger partial charge in [0.25, 0.3) is 0 Å². The van der Waals surface area contributed by atoms with Crippen LogP contribution in [0.5, 0.6) is 0 Å². The van der Waals surface area contributed by atoms with Crippen LogP contribution in [0, 0.1) is 5.82 Å². The van der Waals surface area contributed by atoms with Gasteiger partial charge in [0.15, 0.2) is 0 Å². The Hall–Kier alpha value is -1.99. The van der Waals surface area contributed by atoms with E-state index in [1.807, 2.05) is 0 Å². The van der Waals surface area contributed by atoms with Crippen LogP contribution in [0.4, 0.5) is 28.9 Å². The molecular formula is C16H12Cl2F4N2O. The molecule has 2 rings (SSSR count). The Morgan fingerprint density at radius 3 is 2.44 bits per heavy atom. The zero-order valence-corrected chi connectivity index (χ0v) is 14.1. The molecule has 25 heavy (non-hydrogen) atoms. The molecule has 0 saturated heterocycles. The normalized spacial score (nSPS) is 11.3.